The van der Waals surface area contributed by atoms with Crippen LogP contribution in [0.2, 0.25) is 0 Å². The first-order valence-electron chi connectivity index (χ1n) is 9.61. The van der Waals surface area contributed by atoms with E-state index >= 15 is 0 Å². The molecule has 0 spiro atoms. The molecular formula is C20H24N6O2. The third-order valence-electron chi connectivity index (χ3n) is 5.23. The molecule has 0 bridgehead atoms. The molecule has 0 unspecified atom stereocenters. The molecule has 1 aliphatic heterocycles. The first kappa shape index (κ1) is 18.2. The highest BCUT2D eigenvalue weighted by atomic mass is 16.2. The second-order valence-electron chi connectivity index (χ2n) is 7.26. The molecule has 3 aromatic rings. The van der Waals surface area contributed by atoms with E-state index in [4.69, 9.17) is 5.73 Å². The Hall–Kier alpha value is -3.16. The average molecular weight is 380 g/mol. The van der Waals surface area contributed by atoms with Crippen molar-refractivity contribution in [2.75, 3.05) is 13.1 Å². The first-order chi connectivity index (χ1) is 13.6. The number of nitrogens with one attached hydrogen (secondary N) is 1. The summed E-state index contributed by atoms with van der Waals surface area (Å²) < 4.78 is 1.79. The zero-order chi connectivity index (χ0) is 19.5. The second-order valence-corrected chi connectivity index (χ2v) is 7.26. The van der Waals surface area contributed by atoms with Crippen molar-refractivity contribution in [3.05, 3.63) is 48.3 Å². The van der Waals surface area contributed by atoms with E-state index in [1.165, 1.54) is 0 Å². The average Bonchev–Trinajstić information content (AvgIpc) is 3.32. The van der Waals surface area contributed by atoms with Gasteiger partial charge in [0.25, 0.3) is 0 Å². The van der Waals surface area contributed by atoms with Gasteiger partial charge >= 0.3 is 0 Å². The predicted molar refractivity (Wildman–Crippen MR) is 104 cm³/mol. The van der Waals surface area contributed by atoms with Crippen LogP contribution in [0.25, 0.3) is 11.0 Å². The minimum Gasteiger partial charge on any atom is -0.368 e. The van der Waals surface area contributed by atoms with E-state index in [2.05, 4.69) is 15.0 Å². The van der Waals surface area contributed by atoms with Crippen molar-refractivity contribution in [1.29, 1.82) is 0 Å². The van der Waals surface area contributed by atoms with Crippen molar-refractivity contribution in [2.45, 2.75) is 38.1 Å². The number of para-hydroxylation sites is 2. The number of aromatic nitrogens is 4. The van der Waals surface area contributed by atoms with E-state index < -0.39 is 5.91 Å². The number of aromatic amines is 1. The molecule has 1 aromatic carbocycles. The second kappa shape index (κ2) is 7.84. The molecule has 3 N–H and O–H groups in total. The number of nitrogens with zero attached hydrogens (tertiary/aromatic N) is 4. The summed E-state index contributed by atoms with van der Waals surface area (Å²) >= 11 is 0. The van der Waals surface area contributed by atoms with E-state index in [1.807, 2.05) is 29.2 Å². The maximum atomic E-state index is 12.7. The van der Waals surface area contributed by atoms with Gasteiger partial charge in [-0.25, -0.2) is 9.97 Å². The summed E-state index contributed by atoms with van der Waals surface area (Å²) in [6.07, 6.45) is 6.32. The topological polar surface area (TPSA) is 110 Å². The highest BCUT2D eigenvalue weighted by Gasteiger charge is 2.27. The molecule has 3 heterocycles. The van der Waals surface area contributed by atoms with Crippen LogP contribution in [0.4, 0.5) is 0 Å². The molecule has 0 saturated carbocycles. The Labute approximate surface area is 162 Å². The van der Waals surface area contributed by atoms with Crippen LogP contribution in [0.3, 0.4) is 0 Å². The molecule has 1 fully saturated rings. The number of benzene rings is 1. The molecule has 2 amide bonds. The lowest BCUT2D eigenvalue weighted by Gasteiger charge is -2.32. The molecule has 1 atom stereocenters. The van der Waals surface area contributed by atoms with Crippen molar-refractivity contribution in [3.63, 3.8) is 0 Å². The Morgan fingerprint density at radius 2 is 2.14 bits per heavy atom. The SMILES string of the molecule is NC(=O)Cn1ccnc1[C@H]1CCCN(C(=O)CCc2nc3ccccc3[nH]2)C1. The number of hydrogen-bond acceptors (Lipinski definition) is 4. The smallest absolute Gasteiger partial charge is 0.237 e. The number of amides is 2. The minimum absolute atomic E-state index is 0.117. The fourth-order valence-corrected chi connectivity index (χ4v) is 3.90. The van der Waals surface area contributed by atoms with E-state index in [9.17, 15) is 9.59 Å². The molecule has 28 heavy (non-hydrogen) atoms. The molecule has 4 rings (SSSR count). The number of rotatable bonds is 6. The van der Waals surface area contributed by atoms with Crippen LogP contribution in [-0.4, -0.2) is 49.3 Å². The van der Waals surface area contributed by atoms with Crippen molar-refractivity contribution >= 4 is 22.8 Å². The van der Waals surface area contributed by atoms with Gasteiger partial charge < -0.3 is 20.2 Å². The zero-order valence-corrected chi connectivity index (χ0v) is 15.7. The van der Waals surface area contributed by atoms with Crippen LogP contribution < -0.4 is 5.73 Å². The largest absolute Gasteiger partial charge is 0.368 e. The predicted octanol–water partition coefficient (Wildman–Crippen LogP) is 1.58. The molecule has 8 heteroatoms. The van der Waals surface area contributed by atoms with E-state index in [0.29, 0.717) is 19.4 Å². The van der Waals surface area contributed by atoms with Gasteiger partial charge in [-0.2, -0.15) is 0 Å². The summed E-state index contributed by atoms with van der Waals surface area (Å²) in [7, 11) is 0. The van der Waals surface area contributed by atoms with Gasteiger partial charge in [0.15, 0.2) is 0 Å². The Morgan fingerprint density at radius 3 is 2.96 bits per heavy atom. The standard InChI is InChI=1S/C20H24N6O2/c21-17(27)13-26-11-9-22-20(26)14-4-3-10-25(12-14)19(28)8-7-18-23-15-5-1-2-6-16(15)24-18/h1-2,5-6,9,11,14H,3-4,7-8,10,12-13H2,(H2,21,27)(H,23,24)/t14-/m0/s1. The number of fused-ring (bicyclic) bond motifs is 1. The number of primary amides is 1. The molecule has 1 aliphatic rings. The number of likely N-dealkylation sites (tertiary alicyclic amines) is 1. The van der Waals surface area contributed by atoms with Crippen molar-refractivity contribution in [1.82, 2.24) is 24.4 Å². The van der Waals surface area contributed by atoms with E-state index in [1.54, 1.807) is 17.0 Å². The number of aryl methyl sites for hydroxylation is 1. The summed E-state index contributed by atoms with van der Waals surface area (Å²) in [6.45, 7) is 1.49. The number of H-pyrrole nitrogens is 1. The quantitative estimate of drug-likeness (QED) is 0.676. The normalized spacial score (nSPS) is 17.1. The Balaban J connectivity index is 1.38. The molecule has 0 radical (unpaired) electrons. The molecule has 146 valence electrons. The Bertz CT molecular complexity index is 958. The maximum Gasteiger partial charge on any atom is 0.237 e. The number of piperidine rings is 1. The molecule has 1 saturated heterocycles. The highest BCUT2D eigenvalue weighted by Crippen LogP contribution is 2.26. The summed E-state index contributed by atoms with van der Waals surface area (Å²) in [6, 6.07) is 7.86. The van der Waals surface area contributed by atoms with Crippen LogP contribution in [0.15, 0.2) is 36.7 Å². The fraction of sp³-hybridized carbons (Fsp3) is 0.400. The van der Waals surface area contributed by atoms with Crippen LogP contribution in [0.1, 0.15) is 36.8 Å². The number of nitrogens with two attached hydrogens (primary N) is 1. The summed E-state index contributed by atoms with van der Waals surface area (Å²) in [5.41, 5.74) is 7.23. The van der Waals surface area contributed by atoms with Crippen LogP contribution in [-0.2, 0) is 22.6 Å². The van der Waals surface area contributed by atoms with Gasteiger partial charge in [-0.1, -0.05) is 12.1 Å². The van der Waals surface area contributed by atoms with Crippen molar-refractivity contribution in [3.8, 4) is 0 Å². The van der Waals surface area contributed by atoms with Gasteiger partial charge in [-0.3, -0.25) is 9.59 Å². The fourth-order valence-electron chi connectivity index (χ4n) is 3.90. The lowest BCUT2D eigenvalue weighted by Crippen LogP contribution is -2.40. The minimum atomic E-state index is -0.395. The first-order valence-corrected chi connectivity index (χ1v) is 9.61. The van der Waals surface area contributed by atoms with Gasteiger partial charge in [0, 0.05) is 44.2 Å². The number of hydrogen-bond donors (Lipinski definition) is 2. The van der Waals surface area contributed by atoms with Gasteiger partial charge in [0.2, 0.25) is 11.8 Å². The Morgan fingerprint density at radius 1 is 1.29 bits per heavy atom. The summed E-state index contributed by atoms with van der Waals surface area (Å²) in [5, 5.41) is 0. The number of carbonyl (C=O) groups is 2. The van der Waals surface area contributed by atoms with E-state index in [0.717, 1.165) is 42.1 Å². The third-order valence-corrected chi connectivity index (χ3v) is 5.23. The summed E-state index contributed by atoms with van der Waals surface area (Å²) in [5.74, 6) is 1.51. The van der Waals surface area contributed by atoms with Crippen LogP contribution in [0, 0.1) is 0 Å². The van der Waals surface area contributed by atoms with E-state index in [-0.39, 0.29) is 18.4 Å². The summed E-state index contributed by atoms with van der Waals surface area (Å²) in [4.78, 5) is 38.1. The van der Waals surface area contributed by atoms with Gasteiger partial charge in [-0.05, 0) is 25.0 Å². The molecular weight excluding hydrogens is 356 g/mol. The molecule has 2 aromatic heterocycles. The number of imidazole rings is 2. The monoisotopic (exact) mass is 380 g/mol. The van der Waals surface area contributed by atoms with Crippen molar-refractivity contribution < 1.29 is 9.59 Å². The van der Waals surface area contributed by atoms with Gasteiger partial charge in [0.1, 0.15) is 18.2 Å². The Kier molecular flexibility index (Phi) is 5.10. The lowest BCUT2D eigenvalue weighted by molar-refractivity contribution is -0.132. The van der Waals surface area contributed by atoms with Crippen LogP contribution in [0.5, 0.6) is 0 Å². The lowest BCUT2D eigenvalue weighted by atomic mass is 9.96. The zero-order valence-electron chi connectivity index (χ0n) is 15.7. The third kappa shape index (κ3) is 3.90. The van der Waals surface area contributed by atoms with Crippen molar-refractivity contribution in [2.24, 2.45) is 5.73 Å². The molecule has 0 aliphatic carbocycles. The van der Waals surface area contributed by atoms with Gasteiger partial charge in [0.05, 0.1) is 11.0 Å². The highest BCUT2D eigenvalue weighted by molar-refractivity contribution is 5.77. The number of carbonyl (C=O) groups excluding carboxylic acids is 2. The van der Waals surface area contributed by atoms with Gasteiger partial charge in [-0.15, -0.1) is 0 Å². The molecule has 8 nitrogen and oxygen atoms in total. The van der Waals surface area contributed by atoms with Crippen LogP contribution >= 0.6 is 0 Å². The maximum absolute atomic E-state index is 12.7.